The summed E-state index contributed by atoms with van der Waals surface area (Å²) in [6.45, 7) is 3.23. The molecule has 3 aromatic carbocycles. The Balaban J connectivity index is 1.56. The molecule has 0 amide bonds. The van der Waals surface area contributed by atoms with E-state index in [1.807, 2.05) is 73.7 Å². The predicted octanol–water partition coefficient (Wildman–Crippen LogP) is 5.99. The zero-order valence-electron chi connectivity index (χ0n) is 18.9. The Morgan fingerprint density at radius 1 is 1.00 bits per heavy atom. The van der Waals surface area contributed by atoms with Gasteiger partial charge in [0.15, 0.2) is 17.3 Å². The number of methoxy groups -OCH3 is 1. The van der Waals surface area contributed by atoms with Gasteiger partial charge in [0, 0.05) is 0 Å². The summed E-state index contributed by atoms with van der Waals surface area (Å²) in [7, 11) is 1.62. The van der Waals surface area contributed by atoms with Gasteiger partial charge in [0.1, 0.15) is 12.4 Å². The standard InChI is InChI=1S/C25H25ClN4O3S/c1-3-32-22-14-18(13-20(26)23(22)33-16-17-9-5-4-6-10-17)15-27-30-24(28-29-25(30)34)19-11-7-8-12-21(19)31-2/h4-14,27H,3,15-16H2,1-2H3,(H,29,34). The third kappa shape index (κ3) is 5.35. The van der Waals surface area contributed by atoms with Gasteiger partial charge in [-0.2, -0.15) is 5.10 Å². The van der Waals surface area contributed by atoms with Gasteiger partial charge in [-0.3, -0.25) is 0 Å². The smallest absolute Gasteiger partial charge is 0.214 e. The number of H-pyrrole nitrogens is 1. The first-order valence-corrected chi connectivity index (χ1v) is 11.6. The van der Waals surface area contributed by atoms with Crippen LogP contribution in [0.25, 0.3) is 11.4 Å². The molecule has 0 spiro atoms. The Kier molecular flexibility index (Phi) is 7.72. The van der Waals surface area contributed by atoms with Crippen LogP contribution in [0.15, 0.2) is 66.7 Å². The Morgan fingerprint density at radius 3 is 2.53 bits per heavy atom. The van der Waals surface area contributed by atoms with Crippen LogP contribution in [0.4, 0.5) is 0 Å². The van der Waals surface area contributed by atoms with E-state index in [9.17, 15) is 0 Å². The van der Waals surface area contributed by atoms with E-state index >= 15 is 0 Å². The minimum Gasteiger partial charge on any atom is -0.496 e. The SMILES string of the molecule is CCOc1cc(CNn2c(-c3ccccc3OC)n[nH]c2=S)cc(Cl)c1OCc1ccccc1. The van der Waals surface area contributed by atoms with Gasteiger partial charge in [-0.1, -0.05) is 54.1 Å². The third-order valence-electron chi connectivity index (χ3n) is 5.06. The molecule has 2 N–H and O–H groups in total. The Labute approximate surface area is 208 Å². The van der Waals surface area contributed by atoms with E-state index in [2.05, 4.69) is 15.6 Å². The number of benzene rings is 3. The van der Waals surface area contributed by atoms with Crippen LogP contribution in [0, 0.1) is 4.77 Å². The maximum Gasteiger partial charge on any atom is 0.214 e. The van der Waals surface area contributed by atoms with Crippen LogP contribution >= 0.6 is 23.8 Å². The highest BCUT2D eigenvalue weighted by atomic mass is 35.5. The lowest BCUT2D eigenvalue weighted by Gasteiger charge is -2.16. The summed E-state index contributed by atoms with van der Waals surface area (Å²) in [6, 6.07) is 21.3. The molecular formula is C25H25ClN4O3S. The molecule has 9 heteroatoms. The number of hydrogen-bond donors (Lipinski definition) is 2. The summed E-state index contributed by atoms with van der Waals surface area (Å²) in [5, 5.41) is 7.68. The van der Waals surface area contributed by atoms with E-state index in [4.69, 9.17) is 38.0 Å². The summed E-state index contributed by atoms with van der Waals surface area (Å²) >= 11 is 12.0. The molecule has 0 fully saturated rings. The molecule has 1 heterocycles. The zero-order chi connectivity index (χ0) is 23.9. The molecule has 4 rings (SSSR count). The lowest BCUT2D eigenvalue weighted by molar-refractivity contribution is 0.269. The fourth-order valence-electron chi connectivity index (χ4n) is 3.48. The molecule has 0 unspecified atom stereocenters. The van der Waals surface area contributed by atoms with Gasteiger partial charge in [-0.05, 0) is 54.5 Å². The minimum absolute atomic E-state index is 0.394. The molecule has 1 aromatic heterocycles. The van der Waals surface area contributed by atoms with Crippen molar-refractivity contribution in [2.45, 2.75) is 20.1 Å². The van der Waals surface area contributed by atoms with Crippen molar-refractivity contribution >= 4 is 23.8 Å². The summed E-state index contributed by atoms with van der Waals surface area (Å²) < 4.78 is 19.5. The highest BCUT2D eigenvalue weighted by molar-refractivity contribution is 7.71. The van der Waals surface area contributed by atoms with Gasteiger partial charge in [-0.25, -0.2) is 9.77 Å². The van der Waals surface area contributed by atoms with Gasteiger partial charge in [0.2, 0.25) is 4.77 Å². The van der Waals surface area contributed by atoms with Crippen LogP contribution in [0.3, 0.4) is 0 Å². The third-order valence-corrected chi connectivity index (χ3v) is 5.61. The number of aromatic nitrogens is 3. The Hall–Kier alpha value is -3.49. The van der Waals surface area contributed by atoms with Gasteiger partial charge in [0.05, 0.1) is 30.8 Å². The predicted molar refractivity (Wildman–Crippen MR) is 136 cm³/mol. The molecule has 176 valence electrons. The van der Waals surface area contributed by atoms with Crippen molar-refractivity contribution in [3.8, 4) is 28.6 Å². The van der Waals surface area contributed by atoms with Crippen LogP contribution in [0.2, 0.25) is 5.02 Å². The number of ether oxygens (including phenoxy) is 3. The fraction of sp³-hybridized carbons (Fsp3) is 0.200. The molecule has 0 aliphatic rings. The number of rotatable bonds is 10. The van der Waals surface area contributed by atoms with Crippen LogP contribution in [-0.4, -0.2) is 28.6 Å². The summed E-state index contributed by atoms with van der Waals surface area (Å²) in [5.41, 5.74) is 6.06. The van der Waals surface area contributed by atoms with Crippen molar-refractivity contribution in [1.29, 1.82) is 0 Å². The van der Waals surface area contributed by atoms with Crippen LogP contribution in [0.1, 0.15) is 18.1 Å². The molecule has 0 aliphatic carbocycles. The first-order chi connectivity index (χ1) is 16.6. The molecular weight excluding hydrogens is 472 g/mol. The first kappa shape index (κ1) is 23.7. The molecule has 7 nitrogen and oxygen atoms in total. The van der Waals surface area contributed by atoms with Crippen LogP contribution in [-0.2, 0) is 13.2 Å². The van der Waals surface area contributed by atoms with E-state index in [-0.39, 0.29) is 0 Å². The molecule has 0 radical (unpaired) electrons. The molecule has 0 atom stereocenters. The van der Waals surface area contributed by atoms with Crippen molar-refractivity contribution in [3.05, 3.63) is 87.7 Å². The van der Waals surface area contributed by atoms with Crippen molar-refractivity contribution in [2.75, 3.05) is 19.1 Å². The van der Waals surface area contributed by atoms with Gasteiger partial charge in [-0.15, -0.1) is 0 Å². The zero-order valence-corrected chi connectivity index (χ0v) is 20.4. The second-order valence-electron chi connectivity index (χ2n) is 7.34. The number of aromatic amines is 1. The number of halogens is 1. The molecule has 0 aliphatic heterocycles. The van der Waals surface area contributed by atoms with Gasteiger partial charge in [0.25, 0.3) is 0 Å². The second-order valence-corrected chi connectivity index (χ2v) is 8.13. The van der Waals surface area contributed by atoms with Crippen LogP contribution < -0.4 is 19.6 Å². The Morgan fingerprint density at radius 2 is 1.76 bits per heavy atom. The number of nitrogens with zero attached hydrogens (tertiary/aromatic N) is 2. The average molecular weight is 497 g/mol. The normalized spacial score (nSPS) is 10.7. The van der Waals surface area contributed by atoms with E-state index < -0.39 is 0 Å². The van der Waals surface area contributed by atoms with Crippen LogP contribution in [0.5, 0.6) is 17.2 Å². The van der Waals surface area contributed by atoms with Crippen molar-refractivity contribution in [1.82, 2.24) is 14.9 Å². The van der Waals surface area contributed by atoms with Gasteiger partial charge >= 0.3 is 0 Å². The average Bonchev–Trinajstić information content (AvgIpc) is 3.23. The number of para-hydroxylation sites is 1. The topological polar surface area (TPSA) is 73.3 Å². The minimum atomic E-state index is 0.394. The first-order valence-electron chi connectivity index (χ1n) is 10.8. The highest BCUT2D eigenvalue weighted by Gasteiger charge is 2.16. The largest absolute Gasteiger partial charge is 0.496 e. The van der Waals surface area contributed by atoms with Gasteiger partial charge < -0.3 is 19.6 Å². The summed E-state index contributed by atoms with van der Waals surface area (Å²) in [6.07, 6.45) is 0. The fourth-order valence-corrected chi connectivity index (χ4v) is 3.96. The van der Waals surface area contributed by atoms with E-state index in [0.717, 1.165) is 16.7 Å². The molecule has 4 aromatic rings. The second kappa shape index (κ2) is 11.1. The molecule has 0 bridgehead atoms. The molecule has 0 saturated heterocycles. The maximum atomic E-state index is 6.60. The van der Waals surface area contributed by atoms with Crippen molar-refractivity contribution in [2.24, 2.45) is 0 Å². The van der Waals surface area contributed by atoms with E-state index in [1.54, 1.807) is 11.8 Å². The lowest BCUT2D eigenvalue weighted by atomic mass is 10.2. The Bertz CT molecular complexity index is 1310. The number of hydrogen-bond acceptors (Lipinski definition) is 6. The summed E-state index contributed by atoms with van der Waals surface area (Å²) in [5.74, 6) is 2.41. The molecule has 0 saturated carbocycles. The highest BCUT2D eigenvalue weighted by Crippen LogP contribution is 2.37. The number of nitrogens with one attached hydrogen (secondary N) is 2. The summed E-state index contributed by atoms with van der Waals surface area (Å²) in [4.78, 5) is 0. The van der Waals surface area contributed by atoms with E-state index in [0.29, 0.717) is 52.6 Å². The van der Waals surface area contributed by atoms with E-state index in [1.165, 1.54) is 0 Å². The molecule has 34 heavy (non-hydrogen) atoms. The lowest BCUT2D eigenvalue weighted by Crippen LogP contribution is -2.16. The van der Waals surface area contributed by atoms with Crippen molar-refractivity contribution < 1.29 is 14.2 Å². The van der Waals surface area contributed by atoms with Crippen molar-refractivity contribution in [3.63, 3.8) is 0 Å². The quantitative estimate of drug-likeness (QED) is 0.263. The monoisotopic (exact) mass is 496 g/mol. The maximum absolute atomic E-state index is 6.60.